The van der Waals surface area contributed by atoms with Crippen molar-refractivity contribution >= 4 is 5.97 Å². The zero-order valence-corrected chi connectivity index (χ0v) is 11.6. The Labute approximate surface area is 112 Å². The standard InChI is InChI=1S/C13H20N2O4/c1-4-17-10(9-6-7-9)11-14-12(19-15-11)8(3)13(16)18-5-2/h8-10H,4-7H2,1-3H3. The molecule has 1 aromatic heterocycles. The van der Waals surface area contributed by atoms with Crippen LogP contribution in [0.25, 0.3) is 0 Å². The molecule has 0 bridgehead atoms. The van der Waals surface area contributed by atoms with E-state index in [0.29, 0.717) is 30.8 Å². The Hall–Kier alpha value is -1.43. The van der Waals surface area contributed by atoms with Crippen molar-refractivity contribution in [3.05, 3.63) is 11.7 Å². The molecule has 6 nitrogen and oxygen atoms in total. The average Bonchev–Trinajstić information content (AvgIpc) is 3.12. The number of ether oxygens (including phenoxy) is 2. The largest absolute Gasteiger partial charge is 0.465 e. The fraction of sp³-hybridized carbons (Fsp3) is 0.769. The normalized spacial score (nSPS) is 18.1. The molecule has 0 N–H and O–H groups in total. The van der Waals surface area contributed by atoms with Crippen molar-refractivity contribution in [3.63, 3.8) is 0 Å². The van der Waals surface area contributed by atoms with Crippen LogP contribution in [0, 0.1) is 5.92 Å². The highest BCUT2D eigenvalue weighted by Gasteiger charge is 2.37. The second-order valence-electron chi connectivity index (χ2n) is 4.68. The zero-order chi connectivity index (χ0) is 13.8. The molecular weight excluding hydrogens is 248 g/mol. The summed E-state index contributed by atoms with van der Waals surface area (Å²) in [7, 11) is 0. The highest BCUT2D eigenvalue weighted by molar-refractivity contribution is 5.76. The number of nitrogens with zero attached hydrogens (tertiary/aromatic N) is 2. The van der Waals surface area contributed by atoms with Crippen molar-refractivity contribution in [2.24, 2.45) is 5.92 Å². The van der Waals surface area contributed by atoms with Crippen LogP contribution in [0.3, 0.4) is 0 Å². The summed E-state index contributed by atoms with van der Waals surface area (Å²) in [6.45, 7) is 6.36. The first-order chi connectivity index (χ1) is 9.17. The molecule has 1 aliphatic carbocycles. The third kappa shape index (κ3) is 3.32. The molecule has 0 amide bonds. The first kappa shape index (κ1) is 14.0. The van der Waals surface area contributed by atoms with Gasteiger partial charge in [0.1, 0.15) is 12.0 Å². The second-order valence-corrected chi connectivity index (χ2v) is 4.68. The van der Waals surface area contributed by atoms with E-state index < -0.39 is 5.92 Å². The molecule has 2 atom stereocenters. The van der Waals surface area contributed by atoms with Gasteiger partial charge >= 0.3 is 5.97 Å². The number of aromatic nitrogens is 2. The number of rotatable bonds is 7. The lowest BCUT2D eigenvalue weighted by Gasteiger charge is -2.11. The molecule has 0 radical (unpaired) electrons. The Bertz CT molecular complexity index is 428. The first-order valence-electron chi connectivity index (χ1n) is 6.79. The van der Waals surface area contributed by atoms with Crippen molar-refractivity contribution in [1.82, 2.24) is 10.1 Å². The van der Waals surface area contributed by atoms with Crippen molar-refractivity contribution in [2.45, 2.75) is 45.6 Å². The molecule has 1 heterocycles. The number of carbonyl (C=O) groups excluding carboxylic acids is 1. The Balaban J connectivity index is 2.06. The number of hydrogen-bond donors (Lipinski definition) is 0. The predicted molar refractivity (Wildman–Crippen MR) is 66.4 cm³/mol. The van der Waals surface area contributed by atoms with Crippen LogP contribution in [0.1, 0.15) is 57.3 Å². The Morgan fingerprint density at radius 1 is 1.42 bits per heavy atom. The van der Waals surface area contributed by atoms with Crippen LogP contribution in [0.4, 0.5) is 0 Å². The van der Waals surface area contributed by atoms with E-state index in [2.05, 4.69) is 10.1 Å². The van der Waals surface area contributed by atoms with Gasteiger partial charge in [-0.05, 0) is 39.5 Å². The van der Waals surface area contributed by atoms with Gasteiger partial charge in [0.2, 0.25) is 11.7 Å². The summed E-state index contributed by atoms with van der Waals surface area (Å²) in [5, 5.41) is 3.94. The lowest BCUT2D eigenvalue weighted by atomic mass is 10.2. The van der Waals surface area contributed by atoms with Crippen LogP contribution in [0.2, 0.25) is 0 Å². The van der Waals surface area contributed by atoms with Crippen LogP contribution < -0.4 is 0 Å². The molecule has 0 aromatic carbocycles. The molecule has 19 heavy (non-hydrogen) atoms. The van der Waals surface area contributed by atoms with Crippen LogP contribution in [-0.2, 0) is 14.3 Å². The maximum absolute atomic E-state index is 11.6. The van der Waals surface area contributed by atoms with E-state index in [0.717, 1.165) is 12.8 Å². The minimum atomic E-state index is -0.539. The maximum Gasteiger partial charge on any atom is 0.318 e. The van der Waals surface area contributed by atoms with Gasteiger partial charge in [-0.25, -0.2) is 0 Å². The smallest absolute Gasteiger partial charge is 0.318 e. The second kappa shape index (κ2) is 6.14. The molecule has 1 fully saturated rings. The van der Waals surface area contributed by atoms with Gasteiger partial charge in [0, 0.05) is 6.61 Å². The number of hydrogen-bond acceptors (Lipinski definition) is 6. The minimum absolute atomic E-state index is 0.114. The summed E-state index contributed by atoms with van der Waals surface area (Å²) < 4.78 is 15.7. The highest BCUT2D eigenvalue weighted by Crippen LogP contribution is 2.42. The Morgan fingerprint density at radius 2 is 2.16 bits per heavy atom. The van der Waals surface area contributed by atoms with Crippen LogP contribution >= 0.6 is 0 Å². The van der Waals surface area contributed by atoms with E-state index in [1.807, 2.05) is 6.92 Å². The molecule has 0 saturated heterocycles. The monoisotopic (exact) mass is 268 g/mol. The Morgan fingerprint density at radius 3 is 2.74 bits per heavy atom. The van der Waals surface area contributed by atoms with E-state index in [4.69, 9.17) is 14.0 Å². The van der Waals surface area contributed by atoms with Gasteiger partial charge in [0.05, 0.1) is 6.61 Å². The molecule has 2 unspecified atom stereocenters. The van der Waals surface area contributed by atoms with E-state index >= 15 is 0 Å². The molecule has 1 aliphatic rings. The quantitative estimate of drug-likeness (QED) is 0.706. The molecule has 1 saturated carbocycles. The molecule has 1 aromatic rings. The third-order valence-corrected chi connectivity index (χ3v) is 3.12. The lowest BCUT2D eigenvalue weighted by Crippen LogP contribution is -2.14. The first-order valence-corrected chi connectivity index (χ1v) is 6.79. The molecule has 0 aliphatic heterocycles. The van der Waals surface area contributed by atoms with Gasteiger partial charge in [-0.3, -0.25) is 4.79 Å². The van der Waals surface area contributed by atoms with Gasteiger partial charge in [0.15, 0.2) is 0 Å². The third-order valence-electron chi connectivity index (χ3n) is 3.12. The average molecular weight is 268 g/mol. The van der Waals surface area contributed by atoms with Gasteiger partial charge in [0.25, 0.3) is 0 Å². The van der Waals surface area contributed by atoms with Crippen LogP contribution in [0.5, 0.6) is 0 Å². The molecule has 2 rings (SSSR count). The fourth-order valence-corrected chi connectivity index (χ4v) is 1.91. The predicted octanol–water partition coefficient (Wildman–Crippen LogP) is 2.22. The van der Waals surface area contributed by atoms with Gasteiger partial charge in [-0.2, -0.15) is 4.98 Å². The lowest BCUT2D eigenvalue weighted by molar-refractivity contribution is -0.145. The zero-order valence-electron chi connectivity index (χ0n) is 11.6. The van der Waals surface area contributed by atoms with Gasteiger partial charge in [-0.1, -0.05) is 5.16 Å². The summed E-state index contributed by atoms with van der Waals surface area (Å²) >= 11 is 0. The van der Waals surface area contributed by atoms with Crippen molar-refractivity contribution < 1.29 is 18.8 Å². The fourth-order valence-electron chi connectivity index (χ4n) is 1.91. The van der Waals surface area contributed by atoms with Crippen molar-refractivity contribution in [1.29, 1.82) is 0 Å². The molecule has 0 spiro atoms. The summed E-state index contributed by atoms with van der Waals surface area (Å²) in [4.78, 5) is 15.9. The summed E-state index contributed by atoms with van der Waals surface area (Å²) in [5.41, 5.74) is 0. The number of esters is 1. The summed E-state index contributed by atoms with van der Waals surface area (Å²) in [6.07, 6.45) is 2.14. The number of carbonyl (C=O) groups is 1. The maximum atomic E-state index is 11.6. The van der Waals surface area contributed by atoms with E-state index in [-0.39, 0.29) is 12.1 Å². The SMILES string of the molecule is CCOC(=O)C(C)c1nc(C(OCC)C2CC2)no1. The van der Waals surface area contributed by atoms with E-state index in [1.165, 1.54) is 0 Å². The highest BCUT2D eigenvalue weighted by atomic mass is 16.5. The summed E-state index contributed by atoms with van der Waals surface area (Å²) in [5.74, 6) is 0.414. The topological polar surface area (TPSA) is 74.5 Å². The molecular formula is C13H20N2O4. The van der Waals surface area contributed by atoms with Crippen LogP contribution in [0.15, 0.2) is 4.52 Å². The Kier molecular flexibility index (Phi) is 4.52. The summed E-state index contributed by atoms with van der Waals surface area (Å²) in [6, 6.07) is 0. The van der Waals surface area contributed by atoms with E-state index in [9.17, 15) is 4.79 Å². The van der Waals surface area contributed by atoms with Crippen LogP contribution in [-0.4, -0.2) is 29.3 Å². The molecule has 6 heteroatoms. The van der Waals surface area contributed by atoms with Gasteiger partial charge < -0.3 is 14.0 Å². The van der Waals surface area contributed by atoms with Crippen molar-refractivity contribution in [3.8, 4) is 0 Å². The van der Waals surface area contributed by atoms with Crippen molar-refractivity contribution in [2.75, 3.05) is 13.2 Å². The molecule has 106 valence electrons. The van der Waals surface area contributed by atoms with E-state index in [1.54, 1.807) is 13.8 Å². The minimum Gasteiger partial charge on any atom is -0.465 e. The van der Waals surface area contributed by atoms with Gasteiger partial charge in [-0.15, -0.1) is 0 Å².